The summed E-state index contributed by atoms with van der Waals surface area (Å²) in [6, 6.07) is 6.96. The Balaban J connectivity index is 1.75. The van der Waals surface area contributed by atoms with Gasteiger partial charge in [-0.1, -0.05) is 12.5 Å². The first-order chi connectivity index (χ1) is 8.78. The number of nitrogens with zero attached hydrogens (tertiary/aromatic N) is 1. The third-order valence-electron chi connectivity index (χ3n) is 4.78. The zero-order valence-electron chi connectivity index (χ0n) is 11.6. The minimum Gasteiger partial charge on any atom is -0.371 e. The standard InChI is InChI=1S/C16H24N2/c1-12-8-16(7-6-13(12)9-17-2)18-10-14-4-3-5-15(14)11-18/h6-8,14-15,17H,3-5,9-11H2,1-2H3. The smallest absolute Gasteiger partial charge is 0.0369 e. The van der Waals surface area contributed by atoms with Crippen LogP contribution in [0.1, 0.15) is 30.4 Å². The van der Waals surface area contributed by atoms with Crippen LogP contribution in [0.4, 0.5) is 5.69 Å². The molecule has 1 saturated carbocycles. The molecule has 0 aromatic heterocycles. The summed E-state index contributed by atoms with van der Waals surface area (Å²) in [5.41, 5.74) is 4.27. The molecule has 1 aromatic carbocycles. The van der Waals surface area contributed by atoms with Crippen molar-refractivity contribution in [2.75, 3.05) is 25.0 Å². The first-order valence-electron chi connectivity index (χ1n) is 7.27. The Morgan fingerprint density at radius 3 is 2.56 bits per heavy atom. The van der Waals surface area contributed by atoms with Crippen molar-refractivity contribution >= 4 is 5.69 Å². The van der Waals surface area contributed by atoms with E-state index in [0.29, 0.717) is 0 Å². The molecule has 1 aromatic rings. The van der Waals surface area contributed by atoms with Gasteiger partial charge in [-0.05, 0) is 61.9 Å². The van der Waals surface area contributed by atoms with Crippen molar-refractivity contribution in [2.45, 2.75) is 32.7 Å². The number of benzene rings is 1. The summed E-state index contributed by atoms with van der Waals surface area (Å²) in [6.45, 7) is 5.77. The second-order valence-electron chi connectivity index (χ2n) is 6.00. The first kappa shape index (κ1) is 12.0. The van der Waals surface area contributed by atoms with Crippen LogP contribution in [0.25, 0.3) is 0 Å². The Labute approximate surface area is 110 Å². The van der Waals surface area contributed by atoms with Gasteiger partial charge in [0.15, 0.2) is 0 Å². The highest BCUT2D eigenvalue weighted by Crippen LogP contribution is 2.39. The monoisotopic (exact) mass is 244 g/mol. The third kappa shape index (κ3) is 2.14. The van der Waals surface area contributed by atoms with Gasteiger partial charge in [0.05, 0.1) is 0 Å². The summed E-state index contributed by atoms with van der Waals surface area (Å²) < 4.78 is 0. The number of hydrogen-bond acceptors (Lipinski definition) is 2. The summed E-state index contributed by atoms with van der Waals surface area (Å²) >= 11 is 0. The van der Waals surface area contributed by atoms with E-state index in [1.54, 1.807) is 0 Å². The van der Waals surface area contributed by atoms with E-state index in [4.69, 9.17) is 0 Å². The molecule has 2 nitrogen and oxygen atoms in total. The molecule has 1 aliphatic heterocycles. The average Bonchev–Trinajstić information content (AvgIpc) is 2.92. The molecule has 2 unspecified atom stereocenters. The van der Waals surface area contributed by atoms with Gasteiger partial charge >= 0.3 is 0 Å². The Morgan fingerprint density at radius 1 is 1.22 bits per heavy atom. The summed E-state index contributed by atoms with van der Waals surface area (Å²) in [7, 11) is 2.01. The number of hydrogen-bond donors (Lipinski definition) is 1. The van der Waals surface area contributed by atoms with Crippen LogP contribution in [0.3, 0.4) is 0 Å². The fourth-order valence-electron chi connectivity index (χ4n) is 3.71. The second kappa shape index (κ2) is 4.93. The lowest BCUT2D eigenvalue weighted by molar-refractivity contribution is 0.494. The molecule has 98 valence electrons. The molecule has 1 heterocycles. The molecular formula is C16H24N2. The lowest BCUT2D eigenvalue weighted by Crippen LogP contribution is -2.21. The predicted molar refractivity (Wildman–Crippen MR) is 77.0 cm³/mol. The molecule has 1 saturated heterocycles. The zero-order valence-corrected chi connectivity index (χ0v) is 11.6. The van der Waals surface area contributed by atoms with Gasteiger partial charge in [-0.2, -0.15) is 0 Å². The van der Waals surface area contributed by atoms with Gasteiger partial charge in [0.2, 0.25) is 0 Å². The molecule has 0 amide bonds. The van der Waals surface area contributed by atoms with E-state index >= 15 is 0 Å². The van der Waals surface area contributed by atoms with Gasteiger partial charge in [0.25, 0.3) is 0 Å². The van der Waals surface area contributed by atoms with Crippen molar-refractivity contribution in [2.24, 2.45) is 11.8 Å². The summed E-state index contributed by atoms with van der Waals surface area (Å²) in [4.78, 5) is 2.60. The van der Waals surface area contributed by atoms with Gasteiger partial charge in [-0.15, -0.1) is 0 Å². The molecule has 2 atom stereocenters. The predicted octanol–water partition coefficient (Wildman–Crippen LogP) is 2.95. The Bertz CT molecular complexity index is 415. The zero-order chi connectivity index (χ0) is 12.5. The minimum absolute atomic E-state index is 0.970. The minimum atomic E-state index is 0.970. The van der Waals surface area contributed by atoms with Crippen LogP contribution in [0.5, 0.6) is 0 Å². The van der Waals surface area contributed by atoms with E-state index in [0.717, 1.165) is 18.4 Å². The maximum atomic E-state index is 3.23. The van der Waals surface area contributed by atoms with Crippen LogP contribution in [0, 0.1) is 18.8 Å². The van der Waals surface area contributed by atoms with E-state index in [1.165, 1.54) is 49.2 Å². The highest BCUT2D eigenvalue weighted by molar-refractivity contribution is 5.52. The van der Waals surface area contributed by atoms with Crippen molar-refractivity contribution < 1.29 is 0 Å². The molecule has 0 bridgehead atoms. The van der Waals surface area contributed by atoms with E-state index in [-0.39, 0.29) is 0 Å². The summed E-state index contributed by atoms with van der Waals surface area (Å²) in [5.74, 6) is 1.95. The first-order valence-corrected chi connectivity index (χ1v) is 7.27. The molecular weight excluding hydrogens is 220 g/mol. The number of fused-ring (bicyclic) bond motifs is 1. The van der Waals surface area contributed by atoms with Gasteiger partial charge in [-0.3, -0.25) is 0 Å². The van der Waals surface area contributed by atoms with E-state index < -0.39 is 0 Å². The van der Waals surface area contributed by atoms with Crippen LogP contribution in [0.2, 0.25) is 0 Å². The number of rotatable bonds is 3. The molecule has 2 fully saturated rings. The van der Waals surface area contributed by atoms with E-state index in [9.17, 15) is 0 Å². The van der Waals surface area contributed by atoms with E-state index in [1.807, 2.05) is 7.05 Å². The van der Waals surface area contributed by atoms with Crippen molar-refractivity contribution in [1.29, 1.82) is 0 Å². The number of aryl methyl sites for hydroxylation is 1. The molecule has 3 rings (SSSR count). The van der Waals surface area contributed by atoms with Crippen molar-refractivity contribution in [3.05, 3.63) is 29.3 Å². The van der Waals surface area contributed by atoms with Crippen molar-refractivity contribution in [3.8, 4) is 0 Å². The molecule has 1 N–H and O–H groups in total. The quantitative estimate of drug-likeness (QED) is 0.879. The van der Waals surface area contributed by atoms with Crippen LogP contribution in [-0.4, -0.2) is 20.1 Å². The molecule has 18 heavy (non-hydrogen) atoms. The highest BCUT2D eigenvalue weighted by Gasteiger charge is 2.36. The van der Waals surface area contributed by atoms with Gasteiger partial charge in [0.1, 0.15) is 0 Å². The Hall–Kier alpha value is -1.02. The average molecular weight is 244 g/mol. The van der Waals surface area contributed by atoms with Crippen molar-refractivity contribution in [1.82, 2.24) is 5.32 Å². The fraction of sp³-hybridized carbons (Fsp3) is 0.625. The summed E-state index contributed by atoms with van der Waals surface area (Å²) in [5, 5.41) is 3.23. The van der Waals surface area contributed by atoms with Crippen LogP contribution in [-0.2, 0) is 6.54 Å². The second-order valence-corrected chi connectivity index (χ2v) is 6.00. The number of anilines is 1. The normalized spacial score (nSPS) is 26.7. The maximum absolute atomic E-state index is 3.23. The van der Waals surface area contributed by atoms with E-state index in [2.05, 4.69) is 35.3 Å². The van der Waals surface area contributed by atoms with Gasteiger partial charge in [-0.25, -0.2) is 0 Å². The van der Waals surface area contributed by atoms with Gasteiger partial charge in [0, 0.05) is 25.3 Å². The van der Waals surface area contributed by atoms with Gasteiger partial charge < -0.3 is 10.2 Å². The maximum Gasteiger partial charge on any atom is 0.0369 e. The molecule has 1 aliphatic carbocycles. The molecule has 0 spiro atoms. The Kier molecular flexibility index (Phi) is 3.29. The largest absolute Gasteiger partial charge is 0.371 e. The molecule has 0 radical (unpaired) electrons. The number of nitrogens with one attached hydrogen (secondary N) is 1. The third-order valence-corrected chi connectivity index (χ3v) is 4.78. The lowest BCUT2D eigenvalue weighted by atomic mass is 10.0. The topological polar surface area (TPSA) is 15.3 Å². The lowest BCUT2D eigenvalue weighted by Gasteiger charge is -2.21. The van der Waals surface area contributed by atoms with Crippen molar-refractivity contribution in [3.63, 3.8) is 0 Å². The molecule has 2 aliphatic rings. The molecule has 2 heteroatoms. The fourth-order valence-corrected chi connectivity index (χ4v) is 3.71. The SMILES string of the molecule is CNCc1ccc(N2CC3CCCC3C2)cc1C. The van der Waals surface area contributed by atoms with Crippen LogP contribution < -0.4 is 10.2 Å². The Morgan fingerprint density at radius 2 is 1.94 bits per heavy atom. The van der Waals surface area contributed by atoms with Crippen LogP contribution in [0.15, 0.2) is 18.2 Å². The van der Waals surface area contributed by atoms with Crippen LogP contribution >= 0.6 is 0 Å². The summed E-state index contributed by atoms with van der Waals surface area (Å²) in [6.07, 6.45) is 4.37. The highest BCUT2D eigenvalue weighted by atomic mass is 15.2.